The summed E-state index contributed by atoms with van der Waals surface area (Å²) in [5, 5.41) is 3.62. The Hall–Kier alpha value is -0.120. The molecular weight excluding hydrogens is 210 g/mol. The third-order valence-electron chi connectivity index (χ3n) is 4.80. The minimum Gasteiger partial charge on any atom is -0.313 e. The standard InChI is InChI=1S/C14H27N3/c1-2-8-17(9-3-1)14-6-10-16(12-14)11-13-5-4-7-15-13/h13-15H,1-12H2/t13-,14?/m1/s1. The van der Waals surface area contributed by atoms with E-state index in [-0.39, 0.29) is 0 Å². The van der Waals surface area contributed by atoms with Crippen LogP contribution in [0.4, 0.5) is 0 Å². The smallest absolute Gasteiger partial charge is 0.0235 e. The Morgan fingerprint density at radius 2 is 1.82 bits per heavy atom. The van der Waals surface area contributed by atoms with Gasteiger partial charge in [-0.25, -0.2) is 0 Å². The zero-order valence-electron chi connectivity index (χ0n) is 11.0. The van der Waals surface area contributed by atoms with E-state index >= 15 is 0 Å². The second kappa shape index (κ2) is 5.68. The zero-order chi connectivity index (χ0) is 11.5. The van der Waals surface area contributed by atoms with Gasteiger partial charge < -0.3 is 10.2 Å². The summed E-state index contributed by atoms with van der Waals surface area (Å²) in [6, 6.07) is 1.66. The average Bonchev–Trinajstić information content (AvgIpc) is 3.02. The fourth-order valence-electron chi connectivity index (χ4n) is 3.78. The number of hydrogen-bond acceptors (Lipinski definition) is 3. The average molecular weight is 237 g/mol. The SMILES string of the molecule is C1CCN(C2CCN(C[C@H]3CCCN3)C2)CC1. The summed E-state index contributed by atoms with van der Waals surface area (Å²) in [5.74, 6) is 0. The Balaban J connectivity index is 1.44. The maximum atomic E-state index is 3.62. The van der Waals surface area contributed by atoms with Crippen LogP contribution in [-0.2, 0) is 0 Å². The molecule has 3 heterocycles. The van der Waals surface area contributed by atoms with Gasteiger partial charge >= 0.3 is 0 Å². The highest BCUT2D eigenvalue weighted by atomic mass is 15.3. The van der Waals surface area contributed by atoms with Gasteiger partial charge in [-0.3, -0.25) is 4.90 Å². The first-order chi connectivity index (χ1) is 8.42. The zero-order valence-corrected chi connectivity index (χ0v) is 11.0. The molecule has 3 aliphatic rings. The largest absolute Gasteiger partial charge is 0.313 e. The molecule has 1 unspecified atom stereocenters. The Morgan fingerprint density at radius 1 is 0.941 bits per heavy atom. The van der Waals surface area contributed by atoms with E-state index in [0.717, 1.165) is 12.1 Å². The molecule has 3 saturated heterocycles. The van der Waals surface area contributed by atoms with Crippen molar-refractivity contribution in [1.29, 1.82) is 0 Å². The van der Waals surface area contributed by atoms with Crippen molar-refractivity contribution in [3.8, 4) is 0 Å². The van der Waals surface area contributed by atoms with Gasteiger partial charge in [0.25, 0.3) is 0 Å². The van der Waals surface area contributed by atoms with E-state index in [2.05, 4.69) is 15.1 Å². The number of likely N-dealkylation sites (tertiary alicyclic amines) is 2. The van der Waals surface area contributed by atoms with Crippen LogP contribution in [0.5, 0.6) is 0 Å². The lowest BCUT2D eigenvalue weighted by molar-refractivity contribution is 0.160. The van der Waals surface area contributed by atoms with Crippen molar-refractivity contribution in [2.45, 2.75) is 50.6 Å². The van der Waals surface area contributed by atoms with Crippen molar-refractivity contribution >= 4 is 0 Å². The molecule has 3 heteroatoms. The lowest BCUT2D eigenvalue weighted by atomic mass is 10.1. The van der Waals surface area contributed by atoms with E-state index in [0.29, 0.717) is 0 Å². The molecule has 3 rings (SSSR count). The molecule has 1 N–H and O–H groups in total. The van der Waals surface area contributed by atoms with E-state index in [4.69, 9.17) is 0 Å². The van der Waals surface area contributed by atoms with Crippen LogP contribution >= 0.6 is 0 Å². The highest BCUT2D eigenvalue weighted by Crippen LogP contribution is 2.21. The van der Waals surface area contributed by atoms with E-state index < -0.39 is 0 Å². The predicted octanol–water partition coefficient (Wildman–Crippen LogP) is 1.30. The molecule has 17 heavy (non-hydrogen) atoms. The second-order valence-electron chi connectivity index (χ2n) is 6.09. The van der Waals surface area contributed by atoms with Gasteiger partial charge in [0, 0.05) is 25.2 Å². The first-order valence-electron chi connectivity index (χ1n) is 7.61. The van der Waals surface area contributed by atoms with Crippen LogP contribution in [-0.4, -0.2) is 61.2 Å². The molecule has 0 saturated carbocycles. The van der Waals surface area contributed by atoms with E-state index in [1.165, 1.54) is 77.8 Å². The molecule has 0 bridgehead atoms. The fourth-order valence-corrected chi connectivity index (χ4v) is 3.78. The lowest BCUT2D eigenvalue weighted by Crippen LogP contribution is -2.42. The molecule has 3 fully saturated rings. The molecule has 2 atom stereocenters. The summed E-state index contributed by atoms with van der Waals surface area (Å²) >= 11 is 0. The van der Waals surface area contributed by atoms with Gasteiger partial charge in [0.15, 0.2) is 0 Å². The number of hydrogen-bond donors (Lipinski definition) is 1. The van der Waals surface area contributed by atoms with Crippen LogP contribution in [0.15, 0.2) is 0 Å². The second-order valence-corrected chi connectivity index (χ2v) is 6.09. The predicted molar refractivity (Wildman–Crippen MR) is 71.3 cm³/mol. The summed E-state index contributed by atoms with van der Waals surface area (Å²) in [6.45, 7) is 7.93. The molecule has 3 aliphatic heterocycles. The Bertz CT molecular complexity index is 232. The monoisotopic (exact) mass is 237 g/mol. The first-order valence-corrected chi connectivity index (χ1v) is 7.61. The van der Waals surface area contributed by atoms with Gasteiger partial charge in [-0.05, 0) is 58.3 Å². The fraction of sp³-hybridized carbons (Fsp3) is 1.00. The number of nitrogens with one attached hydrogen (secondary N) is 1. The molecule has 0 aromatic carbocycles. The van der Waals surface area contributed by atoms with Crippen molar-refractivity contribution in [2.75, 3.05) is 39.3 Å². The Kier molecular flexibility index (Phi) is 3.99. The van der Waals surface area contributed by atoms with Crippen LogP contribution in [0, 0.1) is 0 Å². The van der Waals surface area contributed by atoms with Gasteiger partial charge in [-0.1, -0.05) is 6.42 Å². The summed E-state index contributed by atoms with van der Waals surface area (Å²) in [4.78, 5) is 5.45. The quantitative estimate of drug-likeness (QED) is 0.798. The van der Waals surface area contributed by atoms with Crippen molar-refractivity contribution < 1.29 is 0 Å². The summed E-state index contributed by atoms with van der Waals surface area (Å²) in [7, 11) is 0. The number of rotatable bonds is 3. The maximum absolute atomic E-state index is 3.62. The van der Waals surface area contributed by atoms with Gasteiger partial charge in [-0.15, -0.1) is 0 Å². The van der Waals surface area contributed by atoms with Crippen molar-refractivity contribution in [3.63, 3.8) is 0 Å². The molecule has 0 spiro atoms. The lowest BCUT2D eigenvalue weighted by Gasteiger charge is -2.32. The van der Waals surface area contributed by atoms with Crippen LogP contribution < -0.4 is 5.32 Å². The van der Waals surface area contributed by atoms with Gasteiger partial charge in [-0.2, -0.15) is 0 Å². The molecular formula is C14H27N3. The minimum atomic E-state index is 0.787. The highest BCUT2D eigenvalue weighted by Gasteiger charge is 2.29. The van der Waals surface area contributed by atoms with Gasteiger partial charge in [0.05, 0.1) is 0 Å². The van der Waals surface area contributed by atoms with Crippen molar-refractivity contribution in [1.82, 2.24) is 15.1 Å². The Labute approximate surface area is 106 Å². The molecule has 3 nitrogen and oxygen atoms in total. The number of nitrogens with zero attached hydrogens (tertiary/aromatic N) is 2. The Morgan fingerprint density at radius 3 is 2.59 bits per heavy atom. The van der Waals surface area contributed by atoms with Crippen LogP contribution in [0.3, 0.4) is 0 Å². The van der Waals surface area contributed by atoms with E-state index in [1.54, 1.807) is 0 Å². The third kappa shape index (κ3) is 3.01. The van der Waals surface area contributed by atoms with Crippen molar-refractivity contribution in [3.05, 3.63) is 0 Å². The number of piperidine rings is 1. The van der Waals surface area contributed by atoms with Crippen molar-refractivity contribution in [2.24, 2.45) is 0 Å². The molecule has 0 radical (unpaired) electrons. The molecule has 0 aliphatic carbocycles. The summed E-state index contributed by atoms with van der Waals surface area (Å²) < 4.78 is 0. The molecule has 0 aromatic rings. The van der Waals surface area contributed by atoms with E-state index in [1.807, 2.05) is 0 Å². The van der Waals surface area contributed by atoms with Crippen LogP contribution in [0.2, 0.25) is 0 Å². The summed E-state index contributed by atoms with van der Waals surface area (Å²) in [5.41, 5.74) is 0. The molecule has 0 aromatic heterocycles. The van der Waals surface area contributed by atoms with Crippen LogP contribution in [0.1, 0.15) is 38.5 Å². The topological polar surface area (TPSA) is 18.5 Å². The normalized spacial score (nSPS) is 36.7. The highest BCUT2D eigenvalue weighted by molar-refractivity contribution is 4.87. The van der Waals surface area contributed by atoms with Gasteiger partial charge in [0.2, 0.25) is 0 Å². The van der Waals surface area contributed by atoms with Gasteiger partial charge in [0.1, 0.15) is 0 Å². The molecule has 0 amide bonds. The maximum Gasteiger partial charge on any atom is 0.0235 e. The molecule has 98 valence electrons. The first kappa shape index (κ1) is 11.9. The van der Waals surface area contributed by atoms with Crippen LogP contribution in [0.25, 0.3) is 0 Å². The third-order valence-corrected chi connectivity index (χ3v) is 4.80. The summed E-state index contributed by atoms with van der Waals surface area (Å²) in [6.07, 6.45) is 8.51. The van der Waals surface area contributed by atoms with E-state index in [9.17, 15) is 0 Å². The minimum absolute atomic E-state index is 0.787.